The Morgan fingerprint density at radius 1 is 0.824 bits per heavy atom. The highest BCUT2D eigenvalue weighted by Crippen LogP contribution is 2.11. The second-order valence-electron chi connectivity index (χ2n) is 8.74. The number of nitrogens with one attached hydrogen (secondary N) is 3. The van der Waals surface area contributed by atoms with Crippen molar-refractivity contribution in [2.45, 2.75) is 84.0 Å². The maximum atomic E-state index is 13.0. The molecule has 5 unspecified atom stereocenters. The molecule has 0 spiro atoms. The summed E-state index contributed by atoms with van der Waals surface area (Å²) in [5.41, 5.74) is 16.0. The molecule has 0 saturated carbocycles. The fourth-order valence-corrected chi connectivity index (χ4v) is 3.03. The molecule has 0 saturated heterocycles. The van der Waals surface area contributed by atoms with E-state index in [1.807, 2.05) is 0 Å². The van der Waals surface area contributed by atoms with E-state index in [-0.39, 0.29) is 25.2 Å². The van der Waals surface area contributed by atoms with E-state index < -0.39 is 72.0 Å². The van der Waals surface area contributed by atoms with Crippen molar-refractivity contribution >= 4 is 35.5 Å². The van der Waals surface area contributed by atoms with Gasteiger partial charge in [0, 0.05) is 6.42 Å². The van der Waals surface area contributed by atoms with Gasteiger partial charge in [-0.1, -0.05) is 34.1 Å². The average molecular weight is 487 g/mol. The van der Waals surface area contributed by atoms with Crippen LogP contribution in [-0.4, -0.2) is 64.8 Å². The summed E-state index contributed by atoms with van der Waals surface area (Å²) >= 11 is 0. The molecular formula is C21H38N6O7. The van der Waals surface area contributed by atoms with Crippen molar-refractivity contribution in [3.05, 3.63) is 0 Å². The monoisotopic (exact) mass is 486 g/mol. The Kier molecular flexibility index (Phi) is 13.4. The van der Waals surface area contributed by atoms with Gasteiger partial charge in [0.15, 0.2) is 0 Å². The van der Waals surface area contributed by atoms with Gasteiger partial charge in [0.2, 0.25) is 29.5 Å². The highest BCUT2D eigenvalue weighted by atomic mass is 16.4. The molecule has 0 fully saturated rings. The molecular weight excluding hydrogens is 448 g/mol. The molecule has 0 radical (unpaired) electrons. The second-order valence-corrected chi connectivity index (χ2v) is 8.74. The Balaban J connectivity index is 5.55. The molecule has 0 rings (SSSR count). The largest absolute Gasteiger partial charge is 0.480 e. The molecule has 5 atom stereocenters. The van der Waals surface area contributed by atoms with Gasteiger partial charge in [-0.2, -0.15) is 0 Å². The predicted molar refractivity (Wildman–Crippen MR) is 123 cm³/mol. The SMILES string of the molecule is CCC(C)C(NC(=O)C(N)CCC(N)=O)C(=O)NC(CC(N)=O)C(=O)NC(CC(C)C)C(=O)O. The standard InChI is InChI=1S/C21H38N6O7/c1-5-11(4)17(27-18(30)12(22)6-7-15(23)28)20(32)25-13(9-16(24)29)19(31)26-14(21(33)34)8-10(2)3/h10-14,17H,5-9,22H2,1-4H3,(H2,23,28)(H2,24,29)(H,25,32)(H,26,31)(H,27,30)(H,33,34). The molecule has 0 aliphatic carbocycles. The normalized spacial score (nSPS) is 15.4. The maximum absolute atomic E-state index is 13.0. The minimum atomic E-state index is -1.45. The lowest BCUT2D eigenvalue weighted by Gasteiger charge is -2.27. The highest BCUT2D eigenvalue weighted by Gasteiger charge is 2.33. The topological polar surface area (TPSA) is 237 Å². The van der Waals surface area contributed by atoms with Crippen LogP contribution in [0.25, 0.3) is 0 Å². The smallest absolute Gasteiger partial charge is 0.326 e. The molecule has 13 nitrogen and oxygen atoms in total. The van der Waals surface area contributed by atoms with Gasteiger partial charge in [0.25, 0.3) is 0 Å². The summed E-state index contributed by atoms with van der Waals surface area (Å²) in [4.78, 5) is 72.0. The highest BCUT2D eigenvalue weighted by molar-refractivity contribution is 5.96. The quantitative estimate of drug-likeness (QED) is 0.129. The number of carboxylic acid groups (broad SMARTS) is 1. The number of hydrogen-bond acceptors (Lipinski definition) is 7. The minimum absolute atomic E-state index is 0.0187. The van der Waals surface area contributed by atoms with Crippen LogP contribution in [0.2, 0.25) is 0 Å². The summed E-state index contributed by atoms with van der Waals surface area (Å²) in [6.45, 7) is 7.02. The number of primary amides is 2. The van der Waals surface area contributed by atoms with Crippen molar-refractivity contribution in [1.29, 1.82) is 0 Å². The molecule has 34 heavy (non-hydrogen) atoms. The van der Waals surface area contributed by atoms with Gasteiger partial charge < -0.3 is 38.3 Å². The molecule has 10 N–H and O–H groups in total. The van der Waals surface area contributed by atoms with Crippen molar-refractivity contribution < 1.29 is 33.9 Å². The zero-order valence-electron chi connectivity index (χ0n) is 20.1. The molecule has 5 amide bonds. The fraction of sp³-hybridized carbons (Fsp3) is 0.714. The van der Waals surface area contributed by atoms with Crippen molar-refractivity contribution in [2.24, 2.45) is 29.0 Å². The zero-order valence-corrected chi connectivity index (χ0v) is 20.1. The van der Waals surface area contributed by atoms with Crippen molar-refractivity contribution in [3.8, 4) is 0 Å². The Hall–Kier alpha value is -3.22. The van der Waals surface area contributed by atoms with Crippen LogP contribution in [0, 0.1) is 11.8 Å². The second kappa shape index (κ2) is 14.8. The summed E-state index contributed by atoms with van der Waals surface area (Å²) in [5, 5.41) is 16.6. The van der Waals surface area contributed by atoms with Crippen molar-refractivity contribution in [1.82, 2.24) is 16.0 Å². The van der Waals surface area contributed by atoms with Crippen LogP contribution in [0.3, 0.4) is 0 Å². The summed E-state index contributed by atoms with van der Waals surface area (Å²) in [7, 11) is 0. The molecule has 0 aliphatic heterocycles. The van der Waals surface area contributed by atoms with E-state index in [1.165, 1.54) is 0 Å². The molecule has 0 aromatic carbocycles. The first kappa shape index (κ1) is 30.8. The lowest BCUT2D eigenvalue weighted by molar-refractivity contribution is -0.143. The van der Waals surface area contributed by atoms with E-state index in [4.69, 9.17) is 17.2 Å². The van der Waals surface area contributed by atoms with Crippen LogP contribution in [0.1, 0.15) is 59.8 Å². The van der Waals surface area contributed by atoms with Crippen LogP contribution in [-0.2, 0) is 28.8 Å². The third-order valence-corrected chi connectivity index (χ3v) is 5.19. The molecule has 0 aromatic rings. The first-order valence-electron chi connectivity index (χ1n) is 11.2. The van der Waals surface area contributed by atoms with E-state index >= 15 is 0 Å². The molecule has 0 aliphatic rings. The molecule has 0 bridgehead atoms. The number of rotatable bonds is 16. The lowest BCUT2D eigenvalue weighted by atomic mass is 9.97. The van der Waals surface area contributed by atoms with Gasteiger partial charge in [-0.3, -0.25) is 24.0 Å². The average Bonchev–Trinajstić information content (AvgIpc) is 2.72. The van der Waals surface area contributed by atoms with E-state index in [9.17, 15) is 33.9 Å². The predicted octanol–water partition coefficient (Wildman–Crippen LogP) is -1.91. The summed E-state index contributed by atoms with van der Waals surface area (Å²) < 4.78 is 0. The lowest BCUT2D eigenvalue weighted by Crippen LogP contribution is -2.59. The van der Waals surface area contributed by atoms with E-state index in [2.05, 4.69) is 16.0 Å². The number of hydrogen-bond donors (Lipinski definition) is 7. The van der Waals surface area contributed by atoms with E-state index in [1.54, 1.807) is 27.7 Å². The number of amides is 5. The molecule has 0 heterocycles. The molecule has 194 valence electrons. The number of nitrogens with two attached hydrogens (primary N) is 3. The molecule has 0 aromatic heterocycles. The van der Waals surface area contributed by atoms with Crippen molar-refractivity contribution in [2.75, 3.05) is 0 Å². The Labute approximate surface area is 198 Å². The number of aliphatic carboxylic acids is 1. The Morgan fingerprint density at radius 3 is 1.82 bits per heavy atom. The van der Waals surface area contributed by atoms with Gasteiger partial charge in [0.05, 0.1) is 12.5 Å². The zero-order chi connectivity index (χ0) is 26.6. The first-order chi connectivity index (χ1) is 15.7. The van der Waals surface area contributed by atoms with Crippen LogP contribution in [0.15, 0.2) is 0 Å². The number of carboxylic acids is 1. The Morgan fingerprint density at radius 2 is 1.38 bits per heavy atom. The maximum Gasteiger partial charge on any atom is 0.326 e. The van der Waals surface area contributed by atoms with Gasteiger partial charge in [-0.15, -0.1) is 0 Å². The van der Waals surface area contributed by atoms with Gasteiger partial charge >= 0.3 is 5.97 Å². The summed E-state index contributed by atoms with van der Waals surface area (Å²) in [6.07, 6.45) is -0.110. The number of carbonyl (C=O) groups excluding carboxylic acids is 5. The summed E-state index contributed by atoms with van der Waals surface area (Å²) in [5.74, 6) is -5.59. The minimum Gasteiger partial charge on any atom is -0.480 e. The summed E-state index contributed by atoms with van der Waals surface area (Å²) in [6, 6.07) is -4.89. The number of carbonyl (C=O) groups is 6. The van der Waals surface area contributed by atoms with Crippen LogP contribution in [0.5, 0.6) is 0 Å². The van der Waals surface area contributed by atoms with Crippen LogP contribution in [0.4, 0.5) is 0 Å². The Bertz CT molecular complexity index is 758. The molecule has 13 heteroatoms. The van der Waals surface area contributed by atoms with E-state index in [0.29, 0.717) is 6.42 Å². The van der Waals surface area contributed by atoms with E-state index in [0.717, 1.165) is 0 Å². The van der Waals surface area contributed by atoms with Gasteiger partial charge in [-0.05, 0) is 24.7 Å². The third-order valence-electron chi connectivity index (χ3n) is 5.19. The van der Waals surface area contributed by atoms with Crippen molar-refractivity contribution in [3.63, 3.8) is 0 Å². The van der Waals surface area contributed by atoms with Crippen LogP contribution < -0.4 is 33.2 Å². The van der Waals surface area contributed by atoms with Gasteiger partial charge in [-0.25, -0.2) is 4.79 Å². The van der Waals surface area contributed by atoms with Gasteiger partial charge in [0.1, 0.15) is 18.1 Å². The first-order valence-corrected chi connectivity index (χ1v) is 11.2. The third kappa shape index (κ3) is 11.6. The fourth-order valence-electron chi connectivity index (χ4n) is 3.03. The van der Waals surface area contributed by atoms with Crippen LogP contribution >= 0.6 is 0 Å².